The minimum atomic E-state index is -0.120. The average molecular weight is 367 g/mol. The maximum absolute atomic E-state index is 12.2. The number of aliphatic hydroxyl groups excluding tert-OH is 1. The fraction of sp³-hybridized carbons (Fsp3) is 0.200. The number of amides is 1. The summed E-state index contributed by atoms with van der Waals surface area (Å²) < 4.78 is 1.96. The van der Waals surface area contributed by atoms with E-state index in [4.69, 9.17) is 0 Å². The molecular weight excluding hydrogens is 346 g/mol. The molecule has 0 aliphatic carbocycles. The van der Waals surface area contributed by atoms with E-state index in [0.29, 0.717) is 12.2 Å². The highest BCUT2D eigenvalue weighted by Crippen LogP contribution is 2.20. The third-order valence-electron chi connectivity index (χ3n) is 3.78. The summed E-state index contributed by atoms with van der Waals surface area (Å²) in [5.41, 5.74) is 3.63. The Balaban J connectivity index is 1.65. The van der Waals surface area contributed by atoms with Gasteiger partial charge in [-0.25, -0.2) is 4.98 Å². The molecule has 1 aromatic heterocycles. The summed E-state index contributed by atoms with van der Waals surface area (Å²) in [5, 5.41) is 13.0. The lowest BCUT2D eigenvalue weighted by atomic mass is 10.2. The van der Waals surface area contributed by atoms with Gasteiger partial charge in [0.2, 0.25) is 5.91 Å². The third-order valence-corrected chi connectivity index (χ3v) is 4.77. The summed E-state index contributed by atoms with van der Waals surface area (Å²) in [6, 6.07) is 17.7. The van der Waals surface area contributed by atoms with Gasteiger partial charge < -0.3 is 15.0 Å². The van der Waals surface area contributed by atoms with Crippen LogP contribution in [0.1, 0.15) is 16.8 Å². The molecule has 3 aromatic rings. The Morgan fingerprint density at radius 2 is 2.00 bits per heavy atom. The second-order valence-electron chi connectivity index (χ2n) is 5.99. The molecule has 1 heterocycles. The van der Waals surface area contributed by atoms with Crippen molar-refractivity contribution in [3.05, 3.63) is 77.6 Å². The van der Waals surface area contributed by atoms with Crippen LogP contribution >= 0.6 is 11.8 Å². The molecule has 0 unspecified atom stereocenters. The quantitative estimate of drug-likeness (QED) is 0.628. The summed E-state index contributed by atoms with van der Waals surface area (Å²) in [7, 11) is 0. The van der Waals surface area contributed by atoms with Gasteiger partial charge in [0.25, 0.3) is 0 Å². The normalized spacial score (nSPS) is 10.7. The lowest BCUT2D eigenvalue weighted by Gasteiger charge is -2.08. The van der Waals surface area contributed by atoms with Gasteiger partial charge in [0, 0.05) is 18.4 Å². The molecule has 0 fully saturated rings. The molecule has 5 nitrogen and oxygen atoms in total. The van der Waals surface area contributed by atoms with Crippen molar-refractivity contribution < 1.29 is 9.90 Å². The number of carbonyl (C=O) groups is 1. The Kier molecular flexibility index (Phi) is 6.09. The molecule has 2 N–H and O–H groups in total. The Morgan fingerprint density at radius 1 is 1.19 bits per heavy atom. The molecule has 0 atom stereocenters. The van der Waals surface area contributed by atoms with Crippen molar-refractivity contribution in [2.75, 3.05) is 11.1 Å². The van der Waals surface area contributed by atoms with Crippen molar-refractivity contribution >= 4 is 23.4 Å². The maximum Gasteiger partial charge on any atom is 0.234 e. The van der Waals surface area contributed by atoms with E-state index in [0.717, 1.165) is 22.0 Å². The van der Waals surface area contributed by atoms with E-state index in [1.165, 1.54) is 11.8 Å². The zero-order valence-corrected chi connectivity index (χ0v) is 15.4. The van der Waals surface area contributed by atoms with E-state index in [-0.39, 0.29) is 18.3 Å². The van der Waals surface area contributed by atoms with Crippen molar-refractivity contribution in [2.45, 2.75) is 25.2 Å². The second-order valence-corrected chi connectivity index (χ2v) is 6.94. The van der Waals surface area contributed by atoms with Crippen molar-refractivity contribution in [3.63, 3.8) is 0 Å². The Morgan fingerprint density at radius 3 is 2.73 bits per heavy atom. The number of rotatable bonds is 7. The van der Waals surface area contributed by atoms with Crippen molar-refractivity contribution in [3.8, 4) is 0 Å². The summed E-state index contributed by atoms with van der Waals surface area (Å²) in [6.45, 7) is 2.52. The predicted molar refractivity (Wildman–Crippen MR) is 104 cm³/mol. The lowest BCUT2D eigenvalue weighted by Crippen LogP contribution is -2.14. The first-order chi connectivity index (χ1) is 12.6. The van der Waals surface area contributed by atoms with Crippen LogP contribution in [-0.2, 0) is 17.9 Å². The van der Waals surface area contributed by atoms with E-state index in [9.17, 15) is 9.90 Å². The van der Waals surface area contributed by atoms with E-state index in [1.54, 1.807) is 0 Å². The van der Waals surface area contributed by atoms with Gasteiger partial charge in [-0.05, 0) is 30.2 Å². The van der Waals surface area contributed by atoms with E-state index >= 15 is 0 Å². The minimum Gasteiger partial charge on any atom is -0.390 e. The Labute approximate surface area is 157 Å². The number of imidazole rings is 1. The molecule has 0 saturated carbocycles. The number of nitrogens with one attached hydrogen (secondary N) is 1. The van der Waals surface area contributed by atoms with Gasteiger partial charge >= 0.3 is 0 Å². The second kappa shape index (κ2) is 8.69. The molecule has 2 aromatic carbocycles. The summed E-state index contributed by atoms with van der Waals surface area (Å²) in [4.78, 5) is 16.6. The molecule has 0 aliphatic rings. The smallest absolute Gasteiger partial charge is 0.234 e. The van der Waals surface area contributed by atoms with Crippen LogP contribution in [0.3, 0.4) is 0 Å². The van der Waals surface area contributed by atoms with Crippen molar-refractivity contribution in [1.29, 1.82) is 0 Å². The topological polar surface area (TPSA) is 67.2 Å². The number of benzene rings is 2. The highest BCUT2D eigenvalue weighted by atomic mass is 32.2. The molecule has 0 spiro atoms. The fourth-order valence-electron chi connectivity index (χ4n) is 2.59. The molecule has 0 aliphatic heterocycles. The molecule has 134 valence electrons. The summed E-state index contributed by atoms with van der Waals surface area (Å²) >= 11 is 1.36. The average Bonchev–Trinajstić information content (AvgIpc) is 3.03. The molecular formula is C20H21N3O2S. The number of aromatic nitrogens is 2. The van der Waals surface area contributed by atoms with Gasteiger partial charge in [-0.1, -0.05) is 54.2 Å². The number of aryl methyl sites for hydroxylation is 1. The summed E-state index contributed by atoms with van der Waals surface area (Å²) in [5.74, 6) is 0.172. The number of aliphatic hydroxyl groups is 1. The zero-order valence-electron chi connectivity index (χ0n) is 14.6. The van der Waals surface area contributed by atoms with Gasteiger partial charge in [0.05, 0.1) is 18.1 Å². The highest BCUT2D eigenvalue weighted by molar-refractivity contribution is 7.99. The first kappa shape index (κ1) is 18.2. The summed E-state index contributed by atoms with van der Waals surface area (Å²) in [6.07, 6.45) is 1.83. The van der Waals surface area contributed by atoms with Crippen LogP contribution in [0.2, 0.25) is 0 Å². The number of thioether (sulfide) groups is 1. The zero-order chi connectivity index (χ0) is 18.4. The molecule has 6 heteroatoms. The van der Waals surface area contributed by atoms with Crippen LogP contribution in [0.15, 0.2) is 66.0 Å². The number of anilines is 1. The van der Waals surface area contributed by atoms with Crippen LogP contribution in [0.4, 0.5) is 5.69 Å². The monoisotopic (exact) mass is 367 g/mol. The molecule has 1 amide bonds. The Bertz CT molecular complexity index is 878. The highest BCUT2D eigenvalue weighted by Gasteiger charge is 2.11. The van der Waals surface area contributed by atoms with Crippen molar-refractivity contribution in [2.24, 2.45) is 0 Å². The first-order valence-electron chi connectivity index (χ1n) is 8.34. The molecule has 26 heavy (non-hydrogen) atoms. The maximum atomic E-state index is 12.2. The van der Waals surface area contributed by atoms with Gasteiger partial charge in [-0.15, -0.1) is 0 Å². The SMILES string of the molecule is Cc1cccc(NC(=O)CSc2nc(CO)cn2Cc2ccccc2)c1. The van der Waals surface area contributed by atoms with Gasteiger partial charge in [0.1, 0.15) is 0 Å². The molecule has 0 bridgehead atoms. The number of hydrogen-bond acceptors (Lipinski definition) is 4. The number of carbonyl (C=O) groups excluding carboxylic acids is 1. The predicted octanol–water partition coefficient (Wildman–Crippen LogP) is 3.46. The van der Waals surface area contributed by atoms with Gasteiger partial charge in [-0.3, -0.25) is 4.79 Å². The van der Waals surface area contributed by atoms with E-state index < -0.39 is 0 Å². The van der Waals surface area contributed by atoms with Crippen molar-refractivity contribution in [1.82, 2.24) is 9.55 Å². The van der Waals surface area contributed by atoms with E-state index in [1.807, 2.05) is 72.3 Å². The Hall–Kier alpha value is -2.57. The third kappa shape index (κ3) is 4.97. The fourth-order valence-corrected chi connectivity index (χ4v) is 3.38. The number of hydrogen-bond donors (Lipinski definition) is 2. The largest absolute Gasteiger partial charge is 0.390 e. The minimum absolute atomic E-state index is 0.0830. The van der Waals surface area contributed by atoms with Crippen LogP contribution in [0.5, 0.6) is 0 Å². The van der Waals surface area contributed by atoms with Crippen LogP contribution in [-0.4, -0.2) is 26.3 Å². The molecule has 0 saturated heterocycles. The van der Waals surface area contributed by atoms with Crippen LogP contribution in [0, 0.1) is 6.92 Å². The van der Waals surface area contributed by atoms with E-state index in [2.05, 4.69) is 10.3 Å². The lowest BCUT2D eigenvalue weighted by molar-refractivity contribution is -0.113. The number of nitrogens with zero attached hydrogens (tertiary/aromatic N) is 2. The van der Waals surface area contributed by atoms with Crippen LogP contribution in [0.25, 0.3) is 0 Å². The van der Waals surface area contributed by atoms with Gasteiger partial charge in [-0.2, -0.15) is 0 Å². The van der Waals surface area contributed by atoms with Crippen LogP contribution < -0.4 is 5.32 Å². The first-order valence-corrected chi connectivity index (χ1v) is 9.33. The van der Waals surface area contributed by atoms with Gasteiger partial charge in [0.15, 0.2) is 5.16 Å². The standard InChI is InChI=1S/C20H21N3O2S/c1-15-6-5-9-17(10-15)21-19(25)14-26-20-22-18(13-24)12-23(20)11-16-7-3-2-4-8-16/h2-10,12,24H,11,13-14H2,1H3,(H,21,25). The molecule has 3 rings (SSSR count). The molecule has 0 radical (unpaired) electrons.